The van der Waals surface area contributed by atoms with Gasteiger partial charge in [0, 0.05) is 17.0 Å². The molecule has 2 amide bonds. The first-order valence-corrected chi connectivity index (χ1v) is 14.2. The van der Waals surface area contributed by atoms with Gasteiger partial charge in [-0.25, -0.2) is 14.7 Å². The minimum absolute atomic E-state index is 0.0872. The normalized spacial score (nSPS) is 14.3. The van der Waals surface area contributed by atoms with Crippen LogP contribution in [0, 0.1) is 11.3 Å². The van der Waals surface area contributed by atoms with E-state index in [-0.39, 0.29) is 23.2 Å². The van der Waals surface area contributed by atoms with Crippen LogP contribution in [-0.4, -0.2) is 47.5 Å². The van der Waals surface area contributed by atoms with Crippen LogP contribution in [0.5, 0.6) is 5.75 Å². The molecule has 0 saturated carbocycles. The lowest BCUT2D eigenvalue weighted by atomic mass is 10.1. The first-order valence-electron chi connectivity index (χ1n) is 12.9. The number of Topliss-reactive ketones (excluding diaryl/α,β-unsaturated/α-hetero) is 1. The van der Waals surface area contributed by atoms with Crippen LogP contribution in [0.25, 0.3) is 11.3 Å². The number of esters is 1. The Morgan fingerprint density at radius 3 is 2.44 bits per heavy atom. The molecule has 1 aliphatic rings. The van der Waals surface area contributed by atoms with Gasteiger partial charge < -0.3 is 9.47 Å². The smallest absolute Gasteiger partial charge is 0.338 e. The monoisotopic (exact) mass is 611 g/mol. The number of rotatable bonds is 9. The molecular formula is C32H22ClN3O6S. The molecule has 0 radical (unpaired) electrons. The van der Waals surface area contributed by atoms with Gasteiger partial charge in [-0.05, 0) is 60.7 Å². The van der Waals surface area contributed by atoms with Crippen LogP contribution in [0.1, 0.15) is 32.7 Å². The minimum atomic E-state index is -0.793. The van der Waals surface area contributed by atoms with E-state index in [1.54, 1.807) is 60.7 Å². The van der Waals surface area contributed by atoms with E-state index in [1.165, 1.54) is 31.4 Å². The van der Waals surface area contributed by atoms with Gasteiger partial charge in [0.05, 0.1) is 40.4 Å². The summed E-state index contributed by atoms with van der Waals surface area (Å²) in [6, 6.07) is 24.8. The minimum Gasteiger partial charge on any atom is -0.496 e. The number of hydrogen-bond acceptors (Lipinski definition) is 9. The number of methoxy groups -OCH3 is 1. The second-order valence-electron chi connectivity index (χ2n) is 9.29. The average molecular weight is 612 g/mol. The maximum Gasteiger partial charge on any atom is 0.338 e. The lowest BCUT2D eigenvalue weighted by Gasteiger charge is -2.15. The fraction of sp³-hybridized carbons (Fsp3) is 0.125. The Labute approximate surface area is 256 Å². The molecule has 1 atom stereocenters. The SMILES string of the molecule is COc1ccccc1C(=O)COC(=O)c1ccc(N2C(=O)CC(Sc3nc(-c4ccc(Cl)cc4)ccc3C#N)C2=O)cc1. The van der Waals surface area contributed by atoms with Crippen molar-refractivity contribution in [1.82, 2.24) is 4.98 Å². The van der Waals surface area contributed by atoms with Gasteiger partial charge in [0.1, 0.15) is 16.8 Å². The van der Waals surface area contributed by atoms with Crippen molar-refractivity contribution in [3.05, 3.63) is 107 Å². The van der Waals surface area contributed by atoms with E-state index in [1.807, 2.05) is 0 Å². The summed E-state index contributed by atoms with van der Waals surface area (Å²) in [6.07, 6.45) is -0.0872. The molecule has 0 N–H and O–H groups in total. The third-order valence-electron chi connectivity index (χ3n) is 6.58. The number of para-hydroxylation sites is 1. The Kier molecular flexibility index (Phi) is 8.85. The van der Waals surface area contributed by atoms with Gasteiger partial charge in [-0.1, -0.05) is 47.6 Å². The van der Waals surface area contributed by atoms with Crippen LogP contribution in [0.3, 0.4) is 0 Å². The average Bonchev–Trinajstić information content (AvgIpc) is 3.31. The van der Waals surface area contributed by atoms with E-state index in [0.29, 0.717) is 27.1 Å². The van der Waals surface area contributed by atoms with Crippen molar-refractivity contribution >= 4 is 52.6 Å². The number of pyridine rings is 1. The summed E-state index contributed by atoms with van der Waals surface area (Å²) < 4.78 is 10.3. The summed E-state index contributed by atoms with van der Waals surface area (Å²) in [6.45, 7) is -0.485. The molecule has 5 rings (SSSR count). The van der Waals surface area contributed by atoms with E-state index < -0.39 is 35.4 Å². The number of amides is 2. The van der Waals surface area contributed by atoms with Gasteiger partial charge in [-0.2, -0.15) is 5.26 Å². The molecule has 1 saturated heterocycles. The van der Waals surface area contributed by atoms with Crippen molar-refractivity contribution in [1.29, 1.82) is 5.26 Å². The number of hydrogen-bond donors (Lipinski definition) is 0. The molecule has 43 heavy (non-hydrogen) atoms. The number of nitrogens with zero attached hydrogens (tertiary/aromatic N) is 3. The second-order valence-corrected chi connectivity index (χ2v) is 10.9. The molecule has 1 unspecified atom stereocenters. The molecule has 9 nitrogen and oxygen atoms in total. The maximum atomic E-state index is 13.3. The number of benzene rings is 3. The van der Waals surface area contributed by atoms with E-state index in [4.69, 9.17) is 21.1 Å². The van der Waals surface area contributed by atoms with Crippen molar-refractivity contribution in [2.24, 2.45) is 0 Å². The van der Waals surface area contributed by atoms with Gasteiger partial charge in [0.15, 0.2) is 6.61 Å². The van der Waals surface area contributed by atoms with Crippen LogP contribution in [0.2, 0.25) is 5.02 Å². The standard InChI is InChI=1S/C32H22ClN3O6S/c1-41-27-5-3-2-4-24(27)26(37)18-42-32(40)20-8-13-23(14-9-20)36-29(38)16-28(31(36)39)43-30-21(17-34)10-15-25(35-30)19-6-11-22(33)12-7-19/h2-15,28H,16,18H2,1H3. The molecule has 1 fully saturated rings. The van der Waals surface area contributed by atoms with Gasteiger partial charge >= 0.3 is 5.97 Å². The topological polar surface area (TPSA) is 127 Å². The van der Waals surface area contributed by atoms with Crippen molar-refractivity contribution < 1.29 is 28.7 Å². The van der Waals surface area contributed by atoms with E-state index in [2.05, 4.69) is 11.1 Å². The zero-order valence-corrected chi connectivity index (χ0v) is 24.2. The number of aromatic nitrogens is 1. The van der Waals surface area contributed by atoms with Crippen LogP contribution >= 0.6 is 23.4 Å². The summed E-state index contributed by atoms with van der Waals surface area (Å²) in [4.78, 5) is 56.9. The van der Waals surface area contributed by atoms with Crippen LogP contribution < -0.4 is 9.64 Å². The van der Waals surface area contributed by atoms with Gasteiger partial charge in [-0.3, -0.25) is 14.4 Å². The Balaban J connectivity index is 1.26. The predicted octanol–water partition coefficient (Wildman–Crippen LogP) is 5.75. The van der Waals surface area contributed by atoms with Crippen molar-refractivity contribution in [3.63, 3.8) is 0 Å². The Hall–Kier alpha value is -4.98. The van der Waals surface area contributed by atoms with Crippen LogP contribution in [0.15, 0.2) is 90.0 Å². The number of carbonyl (C=O) groups is 4. The van der Waals surface area contributed by atoms with Gasteiger partial charge in [-0.15, -0.1) is 0 Å². The molecule has 2 heterocycles. The highest BCUT2D eigenvalue weighted by atomic mass is 35.5. The van der Waals surface area contributed by atoms with Crippen molar-refractivity contribution in [2.45, 2.75) is 16.7 Å². The van der Waals surface area contributed by atoms with Crippen LogP contribution in [0.4, 0.5) is 5.69 Å². The Bertz CT molecular complexity index is 1770. The quantitative estimate of drug-likeness (QED) is 0.132. The number of ketones is 1. The largest absolute Gasteiger partial charge is 0.496 e. The molecule has 1 aromatic heterocycles. The lowest BCUT2D eigenvalue weighted by Crippen LogP contribution is -2.31. The number of imide groups is 1. The summed E-state index contributed by atoms with van der Waals surface area (Å²) in [5, 5.41) is 9.73. The number of ether oxygens (including phenoxy) is 2. The molecule has 4 aromatic rings. The van der Waals surface area contributed by atoms with Crippen molar-refractivity contribution in [3.8, 4) is 23.1 Å². The number of thioether (sulfide) groups is 1. The van der Waals surface area contributed by atoms with Gasteiger partial charge in [0.25, 0.3) is 0 Å². The Morgan fingerprint density at radius 2 is 1.74 bits per heavy atom. The number of halogens is 1. The van der Waals surface area contributed by atoms with E-state index in [0.717, 1.165) is 22.2 Å². The number of anilines is 1. The molecular weight excluding hydrogens is 590 g/mol. The highest BCUT2D eigenvalue weighted by molar-refractivity contribution is 8.00. The van der Waals surface area contributed by atoms with Crippen LogP contribution in [-0.2, 0) is 14.3 Å². The second kappa shape index (κ2) is 12.9. The fourth-order valence-corrected chi connectivity index (χ4v) is 5.63. The predicted molar refractivity (Wildman–Crippen MR) is 160 cm³/mol. The molecule has 0 aliphatic carbocycles. The number of nitriles is 1. The maximum absolute atomic E-state index is 13.3. The molecule has 214 valence electrons. The summed E-state index contributed by atoms with van der Waals surface area (Å²) >= 11 is 7.04. The Morgan fingerprint density at radius 1 is 1.02 bits per heavy atom. The highest BCUT2D eigenvalue weighted by Gasteiger charge is 2.41. The molecule has 0 spiro atoms. The zero-order valence-electron chi connectivity index (χ0n) is 22.7. The highest BCUT2D eigenvalue weighted by Crippen LogP contribution is 2.36. The van der Waals surface area contributed by atoms with E-state index in [9.17, 15) is 24.4 Å². The molecule has 11 heteroatoms. The lowest BCUT2D eigenvalue weighted by molar-refractivity contribution is -0.121. The molecule has 3 aromatic carbocycles. The summed E-state index contributed by atoms with van der Waals surface area (Å²) in [5.74, 6) is -1.67. The summed E-state index contributed by atoms with van der Waals surface area (Å²) in [5.41, 5.74) is 2.38. The van der Waals surface area contributed by atoms with Crippen molar-refractivity contribution in [2.75, 3.05) is 18.6 Å². The third kappa shape index (κ3) is 6.43. The first kappa shape index (κ1) is 29.5. The first-order chi connectivity index (χ1) is 20.8. The van der Waals surface area contributed by atoms with Gasteiger partial charge in [0.2, 0.25) is 17.6 Å². The van der Waals surface area contributed by atoms with E-state index >= 15 is 0 Å². The fourth-order valence-electron chi connectivity index (χ4n) is 4.41. The summed E-state index contributed by atoms with van der Waals surface area (Å²) in [7, 11) is 1.44. The molecule has 0 bridgehead atoms. The number of carbonyl (C=O) groups excluding carboxylic acids is 4. The molecule has 1 aliphatic heterocycles. The third-order valence-corrected chi connectivity index (χ3v) is 8.02. The zero-order chi connectivity index (χ0) is 30.5.